The Morgan fingerprint density at radius 2 is 1.67 bits per heavy atom. The molecule has 0 aliphatic rings. The molecular formula is C16H17ClO. The maximum atomic E-state index is 10.7. The Balaban J connectivity index is 2.33. The Bertz CT molecular complexity index is 546. The molecule has 0 saturated heterocycles. The van der Waals surface area contributed by atoms with E-state index in [1.54, 1.807) is 0 Å². The lowest BCUT2D eigenvalue weighted by Gasteiger charge is -2.26. The Morgan fingerprint density at radius 3 is 2.33 bits per heavy atom. The van der Waals surface area contributed by atoms with E-state index >= 15 is 0 Å². The van der Waals surface area contributed by atoms with Crippen molar-refractivity contribution < 1.29 is 5.11 Å². The summed E-state index contributed by atoms with van der Waals surface area (Å²) in [5, 5.41) is 11.4. The third-order valence-electron chi connectivity index (χ3n) is 3.22. The summed E-state index contributed by atoms with van der Waals surface area (Å²) in [6.45, 7) is 3.84. The van der Waals surface area contributed by atoms with Crippen LogP contribution in [-0.4, -0.2) is 5.11 Å². The standard InChI is InChI=1S/C16H17ClO/c1-12-7-3-5-9-14(12)16(2,18)11-13-8-4-6-10-15(13)17/h3-10,18H,11H2,1-2H3. The maximum Gasteiger partial charge on any atom is 0.0911 e. The summed E-state index contributed by atoms with van der Waals surface area (Å²) in [6, 6.07) is 15.5. The molecule has 0 heterocycles. The normalized spacial score (nSPS) is 14.2. The van der Waals surface area contributed by atoms with E-state index in [0.29, 0.717) is 11.4 Å². The summed E-state index contributed by atoms with van der Waals surface area (Å²) in [7, 11) is 0. The predicted molar refractivity (Wildman–Crippen MR) is 75.9 cm³/mol. The van der Waals surface area contributed by atoms with Crippen LogP contribution in [0, 0.1) is 6.92 Å². The van der Waals surface area contributed by atoms with E-state index in [9.17, 15) is 5.11 Å². The van der Waals surface area contributed by atoms with Gasteiger partial charge in [-0.15, -0.1) is 0 Å². The lowest BCUT2D eigenvalue weighted by atomic mass is 9.86. The van der Waals surface area contributed by atoms with Crippen LogP contribution in [0.4, 0.5) is 0 Å². The van der Waals surface area contributed by atoms with Crippen molar-refractivity contribution in [3.8, 4) is 0 Å². The first-order chi connectivity index (χ1) is 8.50. The third kappa shape index (κ3) is 2.74. The summed E-state index contributed by atoms with van der Waals surface area (Å²) >= 11 is 6.15. The van der Waals surface area contributed by atoms with E-state index in [-0.39, 0.29) is 0 Å². The van der Waals surface area contributed by atoms with Gasteiger partial charge in [0.1, 0.15) is 0 Å². The van der Waals surface area contributed by atoms with Gasteiger partial charge >= 0.3 is 0 Å². The van der Waals surface area contributed by atoms with Crippen molar-refractivity contribution in [1.29, 1.82) is 0 Å². The van der Waals surface area contributed by atoms with Crippen LogP contribution >= 0.6 is 11.6 Å². The molecule has 0 aliphatic heterocycles. The molecular weight excluding hydrogens is 244 g/mol. The summed E-state index contributed by atoms with van der Waals surface area (Å²) in [5.41, 5.74) is 2.10. The van der Waals surface area contributed by atoms with Crippen LogP contribution in [0.1, 0.15) is 23.6 Å². The average Bonchev–Trinajstić information content (AvgIpc) is 2.32. The molecule has 2 aromatic rings. The van der Waals surface area contributed by atoms with E-state index in [2.05, 4.69) is 0 Å². The number of benzene rings is 2. The minimum absolute atomic E-state index is 0.511. The van der Waals surface area contributed by atoms with Gasteiger partial charge in [0.15, 0.2) is 0 Å². The molecule has 2 aromatic carbocycles. The van der Waals surface area contributed by atoms with Crippen molar-refractivity contribution in [2.24, 2.45) is 0 Å². The van der Waals surface area contributed by atoms with Gasteiger partial charge in [-0.25, -0.2) is 0 Å². The molecule has 0 bridgehead atoms. The SMILES string of the molecule is Cc1ccccc1C(C)(O)Cc1ccccc1Cl. The van der Waals surface area contributed by atoms with Crippen molar-refractivity contribution >= 4 is 11.6 Å². The second-order valence-electron chi connectivity index (χ2n) is 4.86. The minimum atomic E-state index is -0.906. The van der Waals surface area contributed by atoms with Crippen molar-refractivity contribution in [2.75, 3.05) is 0 Å². The first-order valence-corrected chi connectivity index (χ1v) is 6.40. The molecule has 1 nitrogen and oxygen atoms in total. The van der Waals surface area contributed by atoms with Crippen LogP contribution in [0.5, 0.6) is 0 Å². The highest BCUT2D eigenvalue weighted by atomic mass is 35.5. The highest BCUT2D eigenvalue weighted by Gasteiger charge is 2.25. The molecule has 18 heavy (non-hydrogen) atoms. The van der Waals surface area contributed by atoms with Crippen LogP contribution in [0.25, 0.3) is 0 Å². The summed E-state index contributed by atoms with van der Waals surface area (Å²) < 4.78 is 0. The van der Waals surface area contributed by atoms with Gasteiger partial charge in [-0.05, 0) is 36.6 Å². The predicted octanol–water partition coefficient (Wildman–Crippen LogP) is 4.10. The van der Waals surface area contributed by atoms with Crippen LogP contribution in [0.15, 0.2) is 48.5 Å². The zero-order chi connectivity index (χ0) is 13.2. The summed E-state index contributed by atoms with van der Waals surface area (Å²) in [5.74, 6) is 0. The molecule has 1 unspecified atom stereocenters. The monoisotopic (exact) mass is 260 g/mol. The second kappa shape index (κ2) is 5.13. The smallest absolute Gasteiger partial charge is 0.0911 e. The van der Waals surface area contributed by atoms with E-state index in [1.165, 1.54) is 0 Å². The summed E-state index contributed by atoms with van der Waals surface area (Å²) in [4.78, 5) is 0. The largest absolute Gasteiger partial charge is 0.385 e. The molecule has 2 rings (SSSR count). The van der Waals surface area contributed by atoms with Gasteiger partial charge in [-0.1, -0.05) is 54.1 Å². The lowest BCUT2D eigenvalue weighted by molar-refractivity contribution is 0.0570. The van der Waals surface area contributed by atoms with Gasteiger partial charge in [-0.2, -0.15) is 0 Å². The van der Waals surface area contributed by atoms with Gasteiger partial charge in [0, 0.05) is 11.4 Å². The Morgan fingerprint density at radius 1 is 1.06 bits per heavy atom. The fourth-order valence-corrected chi connectivity index (χ4v) is 2.49. The number of aliphatic hydroxyl groups is 1. The summed E-state index contributed by atoms with van der Waals surface area (Å²) in [6.07, 6.45) is 0.511. The van der Waals surface area contributed by atoms with Crippen molar-refractivity contribution in [2.45, 2.75) is 25.9 Å². The van der Waals surface area contributed by atoms with E-state index < -0.39 is 5.60 Å². The topological polar surface area (TPSA) is 20.2 Å². The molecule has 0 fully saturated rings. The third-order valence-corrected chi connectivity index (χ3v) is 3.59. The molecule has 94 valence electrons. The van der Waals surface area contributed by atoms with E-state index in [1.807, 2.05) is 62.4 Å². The number of aryl methyl sites for hydroxylation is 1. The average molecular weight is 261 g/mol. The highest BCUT2D eigenvalue weighted by molar-refractivity contribution is 6.31. The quantitative estimate of drug-likeness (QED) is 0.881. The lowest BCUT2D eigenvalue weighted by Crippen LogP contribution is -2.25. The van der Waals surface area contributed by atoms with Crippen molar-refractivity contribution in [3.63, 3.8) is 0 Å². The second-order valence-corrected chi connectivity index (χ2v) is 5.26. The Hall–Kier alpha value is -1.31. The van der Waals surface area contributed by atoms with Crippen LogP contribution in [0.3, 0.4) is 0 Å². The van der Waals surface area contributed by atoms with Crippen LogP contribution in [-0.2, 0) is 12.0 Å². The molecule has 1 atom stereocenters. The fraction of sp³-hybridized carbons (Fsp3) is 0.250. The molecule has 0 radical (unpaired) electrons. The molecule has 0 aliphatic carbocycles. The molecule has 0 aromatic heterocycles. The van der Waals surface area contributed by atoms with Gasteiger partial charge in [0.05, 0.1) is 5.60 Å². The minimum Gasteiger partial charge on any atom is -0.385 e. The van der Waals surface area contributed by atoms with Crippen molar-refractivity contribution in [3.05, 3.63) is 70.2 Å². The zero-order valence-corrected chi connectivity index (χ0v) is 11.4. The first-order valence-electron chi connectivity index (χ1n) is 6.02. The first kappa shape index (κ1) is 13.1. The zero-order valence-electron chi connectivity index (χ0n) is 10.7. The molecule has 0 saturated carbocycles. The Kier molecular flexibility index (Phi) is 3.74. The molecule has 0 amide bonds. The Labute approximate surface area is 113 Å². The van der Waals surface area contributed by atoms with Gasteiger partial charge in [0.25, 0.3) is 0 Å². The molecule has 0 spiro atoms. The van der Waals surface area contributed by atoms with E-state index in [4.69, 9.17) is 11.6 Å². The van der Waals surface area contributed by atoms with Gasteiger partial charge < -0.3 is 5.11 Å². The van der Waals surface area contributed by atoms with Gasteiger partial charge in [-0.3, -0.25) is 0 Å². The number of hydrogen-bond acceptors (Lipinski definition) is 1. The van der Waals surface area contributed by atoms with E-state index in [0.717, 1.165) is 16.7 Å². The molecule has 1 N–H and O–H groups in total. The maximum absolute atomic E-state index is 10.7. The van der Waals surface area contributed by atoms with Crippen LogP contribution < -0.4 is 0 Å². The number of rotatable bonds is 3. The highest BCUT2D eigenvalue weighted by Crippen LogP contribution is 2.30. The fourth-order valence-electron chi connectivity index (χ4n) is 2.29. The number of halogens is 1. The van der Waals surface area contributed by atoms with Crippen LogP contribution in [0.2, 0.25) is 5.02 Å². The van der Waals surface area contributed by atoms with Crippen molar-refractivity contribution in [1.82, 2.24) is 0 Å². The van der Waals surface area contributed by atoms with Gasteiger partial charge in [0.2, 0.25) is 0 Å². The number of hydrogen-bond donors (Lipinski definition) is 1. The molecule has 2 heteroatoms.